The lowest BCUT2D eigenvalue weighted by atomic mass is 10.1. The Morgan fingerprint density at radius 1 is 0.323 bits per heavy atom. The van der Waals surface area contributed by atoms with Gasteiger partial charge in [-0.15, -0.1) is 0 Å². The van der Waals surface area contributed by atoms with Crippen LogP contribution in [0.4, 0.5) is 0 Å². The predicted octanol–water partition coefficient (Wildman–Crippen LogP) is 17.3. The summed E-state index contributed by atoms with van der Waals surface area (Å²) in [5.74, 6) is -1.06. The average molecular weight is 867 g/mol. The molecule has 0 aliphatic rings. The first-order valence-electron chi connectivity index (χ1n) is 26.3. The summed E-state index contributed by atoms with van der Waals surface area (Å²) >= 11 is 0. The topological polar surface area (TPSA) is 78.9 Å². The van der Waals surface area contributed by atoms with Crippen molar-refractivity contribution in [1.82, 2.24) is 0 Å². The first-order valence-corrected chi connectivity index (χ1v) is 26.3. The zero-order valence-electron chi connectivity index (χ0n) is 40.9. The van der Waals surface area contributed by atoms with Crippen molar-refractivity contribution in [3.63, 3.8) is 0 Å². The molecule has 0 aliphatic heterocycles. The Hall–Kier alpha value is -2.89. The maximum Gasteiger partial charge on any atom is 0.306 e. The number of carbonyl (C=O) groups is 3. The summed E-state index contributed by atoms with van der Waals surface area (Å²) in [6.07, 6.45) is 62.4. The second-order valence-corrected chi connectivity index (χ2v) is 17.4. The number of allylic oxidation sites excluding steroid dienone is 10. The largest absolute Gasteiger partial charge is 0.462 e. The number of carbonyl (C=O) groups excluding carboxylic acids is 3. The number of hydrogen-bond acceptors (Lipinski definition) is 6. The standard InChI is InChI=1S/C56H98O6/c1-4-7-10-13-16-19-22-25-26-27-28-29-32-34-37-40-43-46-49-55(58)61-52-53(62-56(59)50-47-44-41-38-35-31-24-21-18-15-12-9-6-3)51-60-54(57)48-45-42-39-36-33-30-23-20-17-14-11-8-5-2/h28-31,33,35,39,41-42,44,53H,4-27,32,34,36-38,40,43,45-52H2,1-3H3/b29-28-,33-30-,35-31-,42-39-,44-41-. The minimum absolute atomic E-state index is 0.118. The van der Waals surface area contributed by atoms with Crippen molar-refractivity contribution >= 4 is 17.9 Å². The van der Waals surface area contributed by atoms with E-state index in [2.05, 4.69) is 69.4 Å². The van der Waals surface area contributed by atoms with Crippen LogP contribution in [0.1, 0.15) is 258 Å². The van der Waals surface area contributed by atoms with Gasteiger partial charge in [-0.3, -0.25) is 14.4 Å². The van der Waals surface area contributed by atoms with Gasteiger partial charge >= 0.3 is 17.9 Å². The van der Waals surface area contributed by atoms with Crippen molar-refractivity contribution in [2.75, 3.05) is 13.2 Å². The molecule has 0 aromatic rings. The van der Waals surface area contributed by atoms with E-state index in [9.17, 15) is 14.4 Å². The van der Waals surface area contributed by atoms with Gasteiger partial charge in [0.1, 0.15) is 13.2 Å². The van der Waals surface area contributed by atoms with Gasteiger partial charge in [0.2, 0.25) is 0 Å². The summed E-state index contributed by atoms with van der Waals surface area (Å²) in [5.41, 5.74) is 0. The van der Waals surface area contributed by atoms with Crippen LogP contribution in [0.15, 0.2) is 60.8 Å². The summed E-state index contributed by atoms with van der Waals surface area (Å²) in [7, 11) is 0. The maximum atomic E-state index is 12.7. The molecule has 0 spiro atoms. The highest BCUT2D eigenvalue weighted by Crippen LogP contribution is 2.13. The molecule has 62 heavy (non-hydrogen) atoms. The molecular formula is C56H98O6. The van der Waals surface area contributed by atoms with E-state index in [-0.39, 0.29) is 38.0 Å². The van der Waals surface area contributed by atoms with E-state index in [1.54, 1.807) is 0 Å². The van der Waals surface area contributed by atoms with Crippen LogP contribution in [0.25, 0.3) is 0 Å². The Morgan fingerprint density at radius 3 is 1.00 bits per heavy atom. The van der Waals surface area contributed by atoms with E-state index in [4.69, 9.17) is 14.2 Å². The molecule has 0 aromatic heterocycles. The zero-order valence-corrected chi connectivity index (χ0v) is 40.9. The van der Waals surface area contributed by atoms with Gasteiger partial charge in [0.25, 0.3) is 0 Å². The highest BCUT2D eigenvalue weighted by molar-refractivity contribution is 5.71. The Labute approximate surface area is 383 Å². The van der Waals surface area contributed by atoms with E-state index in [0.29, 0.717) is 19.3 Å². The van der Waals surface area contributed by atoms with E-state index in [0.717, 1.165) is 57.8 Å². The molecule has 1 atom stereocenters. The number of unbranched alkanes of at least 4 members (excludes halogenated alkanes) is 26. The third kappa shape index (κ3) is 48.1. The molecule has 0 fully saturated rings. The lowest BCUT2D eigenvalue weighted by Gasteiger charge is -2.18. The second kappa shape index (κ2) is 50.8. The summed E-state index contributed by atoms with van der Waals surface area (Å²) in [5, 5.41) is 0. The summed E-state index contributed by atoms with van der Waals surface area (Å²) < 4.78 is 16.7. The fourth-order valence-electron chi connectivity index (χ4n) is 7.25. The fraction of sp³-hybridized carbons (Fsp3) is 0.768. The van der Waals surface area contributed by atoms with Crippen LogP contribution in [0, 0.1) is 0 Å². The molecule has 0 amide bonds. The lowest BCUT2D eigenvalue weighted by molar-refractivity contribution is -0.166. The Bertz CT molecular complexity index is 1130. The number of esters is 3. The minimum Gasteiger partial charge on any atom is -0.462 e. The van der Waals surface area contributed by atoms with Crippen molar-refractivity contribution in [2.45, 2.75) is 264 Å². The number of ether oxygens (including phenoxy) is 3. The smallest absolute Gasteiger partial charge is 0.306 e. The van der Waals surface area contributed by atoms with Crippen LogP contribution < -0.4 is 0 Å². The molecule has 0 bridgehead atoms. The van der Waals surface area contributed by atoms with Crippen LogP contribution in [0.3, 0.4) is 0 Å². The normalized spacial score (nSPS) is 12.5. The Kier molecular flexibility index (Phi) is 48.4. The van der Waals surface area contributed by atoms with E-state index in [1.807, 2.05) is 12.2 Å². The minimum atomic E-state index is -0.829. The molecule has 1 unspecified atom stereocenters. The van der Waals surface area contributed by atoms with Crippen LogP contribution in [-0.2, 0) is 28.6 Å². The molecule has 0 N–H and O–H groups in total. The summed E-state index contributed by atoms with van der Waals surface area (Å²) in [6, 6.07) is 0. The lowest BCUT2D eigenvalue weighted by Crippen LogP contribution is -2.30. The number of rotatable bonds is 47. The third-order valence-corrected chi connectivity index (χ3v) is 11.2. The van der Waals surface area contributed by atoms with Gasteiger partial charge in [-0.05, 0) is 83.5 Å². The van der Waals surface area contributed by atoms with Crippen LogP contribution in [0.2, 0.25) is 0 Å². The van der Waals surface area contributed by atoms with Crippen molar-refractivity contribution < 1.29 is 28.6 Å². The molecular weight excluding hydrogens is 769 g/mol. The van der Waals surface area contributed by atoms with Crippen molar-refractivity contribution in [2.24, 2.45) is 0 Å². The van der Waals surface area contributed by atoms with Crippen molar-refractivity contribution in [1.29, 1.82) is 0 Å². The first kappa shape index (κ1) is 59.1. The van der Waals surface area contributed by atoms with Gasteiger partial charge in [-0.2, -0.15) is 0 Å². The van der Waals surface area contributed by atoms with Gasteiger partial charge in [0.15, 0.2) is 6.10 Å². The van der Waals surface area contributed by atoms with Crippen LogP contribution in [-0.4, -0.2) is 37.2 Å². The molecule has 0 radical (unpaired) electrons. The molecule has 0 rings (SSSR count). The summed E-state index contributed by atoms with van der Waals surface area (Å²) in [6.45, 7) is 6.52. The highest BCUT2D eigenvalue weighted by atomic mass is 16.6. The van der Waals surface area contributed by atoms with Gasteiger partial charge in [-0.1, -0.05) is 216 Å². The monoisotopic (exact) mass is 867 g/mol. The van der Waals surface area contributed by atoms with Crippen molar-refractivity contribution in [3.05, 3.63) is 60.8 Å². The van der Waals surface area contributed by atoms with Crippen LogP contribution in [0.5, 0.6) is 0 Å². The molecule has 0 aliphatic carbocycles. The predicted molar refractivity (Wildman–Crippen MR) is 265 cm³/mol. The van der Waals surface area contributed by atoms with Crippen molar-refractivity contribution in [3.8, 4) is 0 Å². The second-order valence-electron chi connectivity index (χ2n) is 17.4. The quantitative estimate of drug-likeness (QED) is 0.0262. The SMILES string of the molecule is CCCCCCCC/C=C\C/C=C\CCC(=O)OCC(COC(=O)CCCCCCC/C=C\CCCCCCCCCCC)OC(=O)CC/C=C\C/C=C\CCCCCCCC. The highest BCUT2D eigenvalue weighted by Gasteiger charge is 2.19. The van der Waals surface area contributed by atoms with Gasteiger partial charge in [0.05, 0.1) is 0 Å². The molecule has 0 heterocycles. The van der Waals surface area contributed by atoms with Gasteiger partial charge in [0, 0.05) is 19.3 Å². The molecule has 6 nitrogen and oxygen atoms in total. The molecule has 0 saturated heterocycles. The van der Waals surface area contributed by atoms with Gasteiger partial charge in [-0.25, -0.2) is 0 Å². The molecule has 0 aromatic carbocycles. The average Bonchev–Trinajstić information content (AvgIpc) is 3.27. The molecule has 6 heteroatoms. The molecule has 0 saturated carbocycles. The maximum absolute atomic E-state index is 12.7. The third-order valence-electron chi connectivity index (χ3n) is 11.2. The molecule has 358 valence electrons. The van der Waals surface area contributed by atoms with E-state index >= 15 is 0 Å². The van der Waals surface area contributed by atoms with E-state index < -0.39 is 12.1 Å². The fourth-order valence-corrected chi connectivity index (χ4v) is 7.25. The number of hydrogen-bond donors (Lipinski definition) is 0. The van der Waals surface area contributed by atoms with Crippen LogP contribution >= 0.6 is 0 Å². The summed E-state index contributed by atoms with van der Waals surface area (Å²) in [4.78, 5) is 37.9. The Balaban J connectivity index is 4.47. The van der Waals surface area contributed by atoms with Gasteiger partial charge < -0.3 is 14.2 Å². The van der Waals surface area contributed by atoms with E-state index in [1.165, 1.54) is 148 Å². The first-order chi connectivity index (χ1) is 30.5. The zero-order chi connectivity index (χ0) is 45.1. The Morgan fingerprint density at radius 2 is 0.613 bits per heavy atom.